The van der Waals surface area contributed by atoms with E-state index in [1.54, 1.807) is 13.0 Å². The van der Waals surface area contributed by atoms with Gasteiger partial charge in [0.25, 0.3) is 17.1 Å². The fourth-order valence-corrected chi connectivity index (χ4v) is 3.08. The Kier molecular flexibility index (Phi) is 6.64. The maximum absolute atomic E-state index is 12.3. The van der Waals surface area contributed by atoms with Gasteiger partial charge in [0.1, 0.15) is 12.3 Å². The quantitative estimate of drug-likeness (QED) is 0.549. The first-order valence-electron chi connectivity index (χ1n) is 7.43. The molecule has 8 nitrogen and oxygen atoms in total. The predicted molar refractivity (Wildman–Crippen MR) is 95.5 cm³/mol. The van der Waals surface area contributed by atoms with Crippen molar-refractivity contribution in [1.29, 1.82) is 0 Å². The largest absolute Gasteiger partial charge is 0.482 e. The Morgan fingerprint density at radius 3 is 2.69 bits per heavy atom. The molecule has 1 fully saturated rings. The first-order valence-corrected chi connectivity index (χ1v) is 8.63. The number of nitrogens with zero attached hydrogens (tertiary/aromatic N) is 1. The normalized spacial score (nSPS) is 15.5. The van der Waals surface area contributed by atoms with Crippen LogP contribution in [-0.2, 0) is 19.1 Å². The fourth-order valence-electron chi connectivity index (χ4n) is 2.00. The van der Waals surface area contributed by atoms with Crippen LogP contribution in [0.1, 0.15) is 12.5 Å². The van der Waals surface area contributed by atoms with Crippen molar-refractivity contribution in [2.75, 3.05) is 19.8 Å². The molecule has 0 bridgehead atoms. The van der Waals surface area contributed by atoms with Gasteiger partial charge in [-0.3, -0.25) is 24.1 Å². The standard InChI is InChI=1S/C16H15ClN2O6S/c1-2-24-14(21)7-19-15(22)12(26-16(19)23)6-9-3-4-11(10(17)5-9)25-8-13(18)20/h3-6H,2,7-8H2,1H3,(H2,18,20)/b12-6-. The summed E-state index contributed by atoms with van der Waals surface area (Å²) >= 11 is 6.78. The monoisotopic (exact) mass is 398 g/mol. The van der Waals surface area contributed by atoms with Crippen LogP contribution in [0, 0.1) is 0 Å². The maximum Gasteiger partial charge on any atom is 0.326 e. The van der Waals surface area contributed by atoms with Crippen molar-refractivity contribution in [3.05, 3.63) is 33.7 Å². The zero-order chi connectivity index (χ0) is 19.3. The molecule has 0 spiro atoms. The molecule has 1 aromatic carbocycles. The molecule has 138 valence electrons. The second kappa shape index (κ2) is 8.72. The summed E-state index contributed by atoms with van der Waals surface area (Å²) in [6, 6.07) is 4.62. The summed E-state index contributed by atoms with van der Waals surface area (Å²) in [6.45, 7) is 1.04. The van der Waals surface area contributed by atoms with E-state index in [4.69, 9.17) is 26.8 Å². The van der Waals surface area contributed by atoms with Gasteiger partial charge in [0.15, 0.2) is 6.61 Å². The van der Waals surface area contributed by atoms with E-state index in [0.29, 0.717) is 17.3 Å². The molecule has 2 N–H and O–H groups in total. The number of amides is 3. The average molecular weight is 399 g/mol. The van der Waals surface area contributed by atoms with Crippen molar-refractivity contribution in [3.63, 3.8) is 0 Å². The molecule has 10 heteroatoms. The molecule has 0 saturated carbocycles. The zero-order valence-electron chi connectivity index (χ0n) is 13.7. The number of ether oxygens (including phenoxy) is 2. The molecule has 1 aliphatic rings. The zero-order valence-corrected chi connectivity index (χ0v) is 15.3. The van der Waals surface area contributed by atoms with Crippen molar-refractivity contribution in [3.8, 4) is 5.75 Å². The summed E-state index contributed by atoms with van der Waals surface area (Å²) in [4.78, 5) is 47.4. The average Bonchev–Trinajstić information content (AvgIpc) is 2.82. The van der Waals surface area contributed by atoms with Crippen molar-refractivity contribution in [2.45, 2.75) is 6.92 Å². The maximum atomic E-state index is 12.3. The molecule has 1 aliphatic heterocycles. The van der Waals surface area contributed by atoms with E-state index in [9.17, 15) is 19.2 Å². The van der Waals surface area contributed by atoms with Crippen LogP contribution in [0.3, 0.4) is 0 Å². The molecule has 0 unspecified atom stereocenters. The van der Waals surface area contributed by atoms with Crippen molar-refractivity contribution >= 4 is 52.5 Å². The van der Waals surface area contributed by atoms with E-state index < -0.39 is 29.6 Å². The molecule has 26 heavy (non-hydrogen) atoms. The smallest absolute Gasteiger partial charge is 0.326 e. The minimum Gasteiger partial charge on any atom is -0.482 e. The number of hydrogen-bond donors (Lipinski definition) is 1. The molecular formula is C16H15ClN2O6S. The van der Waals surface area contributed by atoms with Gasteiger partial charge in [-0.05, 0) is 42.5 Å². The summed E-state index contributed by atoms with van der Waals surface area (Å²) in [7, 11) is 0. The van der Waals surface area contributed by atoms with Crippen LogP contribution in [-0.4, -0.2) is 47.7 Å². The number of nitrogens with two attached hydrogens (primary N) is 1. The Labute approximate surface area is 158 Å². The number of imide groups is 1. The molecule has 3 amide bonds. The van der Waals surface area contributed by atoms with E-state index in [2.05, 4.69) is 0 Å². The number of thioether (sulfide) groups is 1. The second-order valence-corrected chi connectivity index (χ2v) is 6.42. The first-order chi connectivity index (χ1) is 12.3. The van der Waals surface area contributed by atoms with Crippen molar-refractivity contribution in [1.82, 2.24) is 4.90 Å². The number of benzene rings is 1. The van der Waals surface area contributed by atoms with Crippen LogP contribution in [0.5, 0.6) is 5.75 Å². The second-order valence-electron chi connectivity index (χ2n) is 5.02. The highest BCUT2D eigenvalue weighted by atomic mass is 35.5. The number of esters is 1. The molecule has 0 atom stereocenters. The molecular weight excluding hydrogens is 384 g/mol. The van der Waals surface area contributed by atoms with Gasteiger partial charge in [-0.15, -0.1) is 0 Å². The lowest BCUT2D eigenvalue weighted by Gasteiger charge is -2.10. The van der Waals surface area contributed by atoms with Gasteiger partial charge in [-0.25, -0.2) is 0 Å². The highest BCUT2D eigenvalue weighted by Crippen LogP contribution is 2.33. The lowest BCUT2D eigenvalue weighted by Crippen LogP contribution is -2.34. The van der Waals surface area contributed by atoms with Gasteiger partial charge in [0, 0.05) is 0 Å². The van der Waals surface area contributed by atoms with E-state index in [0.717, 1.165) is 4.90 Å². The van der Waals surface area contributed by atoms with E-state index >= 15 is 0 Å². The third-order valence-electron chi connectivity index (χ3n) is 3.09. The highest BCUT2D eigenvalue weighted by molar-refractivity contribution is 8.18. The summed E-state index contributed by atoms with van der Waals surface area (Å²) in [5.41, 5.74) is 5.54. The SMILES string of the molecule is CCOC(=O)CN1C(=O)S/C(=C\c2ccc(OCC(N)=O)c(Cl)c2)C1=O. The van der Waals surface area contributed by atoms with Gasteiger partial charge in [0.2, 0.25) is 0 Å². The Bertz CT molecular complexity index is 795. The lowest BCUT2D eigenvalue weighted by atomic mass is 10.2. The van der Waals surface area contributed by atoms with E-state index in [1.165, 1.54) is 18.2 Å². The van der Waals surface area contributed by atoms with E-state index in [1.807, 2.05) is 0 Å². The molecule has 1 aromatic rings. The molecule has 1 heterocycles. The number of primary amides is 1. The Balaban J connectivity index is 2.13. The van der Waals surface area contributed by atoms with Crippen molar-refractivity contribution in [2.24, 2.45) is 5.73 Å². The third-order valence-corrected chi connectivity index (χ3v) is 4.29. The van der Waals surface area contributed by atoms with E-state index in [-0.39, 0.29) is 28.9 Å². The van der Waals surface area contributed by atoms with Crippen LogP contribution >= 0.6 is 23.4 Å². The summed E-state index contributed by atoms with van der Waals surface area (Å²) in [5.74, 6) is -1.62. The van der Waals surface area contributed by atoms with Gasteiger partial charge in [-0.2, -0.15) is 0 Å². The third kappa shape index (κ3) is 4.99. The molecule has 1 saturated heterocycles. The Morgan fingerprint density at radius 1 is 1.35 bits per heavy atom. The lowest BCUT2D eigenvalue weighted by molar-refractivity contribution is -0.146. The molecule has 0 aromatic heterocycles. The molecule has 0 aliphatic carbocycles. The van der Waals surface area contributed by atoms with Gasteiger partial charge >= 0.3 is 5.97 Å². The Hall–Kier alpha value is -2.52. The number of carbonyl (C=O) groups is 4. The van der Waals surface area contributed by atoms with Crippen LogP contribution in [0.15, 0.2) is 23.1 Å². The first kappa shape index (κ1) is 19.8. The summed E-state index contributed by atoms with van der Waals surface area (Å²) in [5, 5.41) is -0.340. The molecule has 2 rings (SSSR count). The number of rotatable bonds is 7. The highest BCUT2D eigenvalue weighted by Gasteiger charge is 2.36. The number of carbonyl (C=O) groups excluding carboxylic acids is 4. The summed E-state index contributed by atoms with van der Waals surface area (Å²) < 4.78 is 9.88. The van der Waals surface area contributed by atoms with Gasteiger partial charge in [-0.1, -0.05) is 17.7 Å². The number of halogens is 1. The van der Waals surface area contributed by atoms with Crippen molar-refractivity contribution < 1.29 is 28.7 Å². The van der Waals surface area contributed by atoms with Crippen LogP contribution in [0.2, 0.25) is 5.02 Å². The summed E-state index contributed by atoms with van der Waals surface area (Å²) in [6.07, 6.45) is 1.47. The van der Waals surface area contributed by atoms with Gasteiger partial charge in [0.05, 0.1) is 16.5 Å². The van der Waals surface area contributed by atoms with Crippen LogP contribution in [0.25, 0.3) is 6.08 Å². The minimum atomic E-state index is -0.657. The minimum absolute atomic E-state index is 0.154. The van der Waals surface area contributed by atoms with Gasteiger partial charge < -0.3 is 15.2 Å². The van der Waals surface area contributed by atoms with Crippen LogP contribution in [0.4, 0.5) is 4.79 Å². The molecule has 0 radical (unpaired) electrons. The fraction of sp³-hybridized carbons (Fsp3) is 0.250. The topological polar surface area (TPSA) is 116 Å². The van der Waals surface area contributed by atoms with Crippen LogP contribution < -0.4 is 10.5 Å². The number of hydrogen-bond acceptors (Lipinski definition) is 7. The predicted octanol–water partition coefficient (Wildman–Crippen LogP) is 1.80. The Morgan fingerprint density at radius 2 is 2.08 bits per heavy atom.